The lowest BCUT2D eigenvalue weighted by molar-refractivity contribution is -0.111. The maximum Gasteiger partial charge on any atom is 0.337 e. The van der Waals surface area contributed by atoms with Gasteiger partial charge < -0.3 is 19.9 Å². The average Bonchev–Trinajstić information content (AvgIpc) is 3.02. The van der Waals surface area contributed by atoms with E-state index in [4.69, 9.17) is 9.47 Å². The molecule has 1 aliphatic rings. The molecule has 158 valence electrons. The van der Waals surface area contributed by atoms with Gasteiger partial charge in [-0.05, 0) is 61.6 Å². The Labute approximate surface area is 176 Å². The SMILES string of the molecule is COc1cc(/C=C/C(=O)Nc2ccccc2C(=O)O)ccc1OC1CCCCCC1. The first-order valence-corrected chi connectivity index (χ1v) is 10.2. The van der Waals surface area contributed by atoms with Crippen molar-refractivity contribution >= 4 is 23.6 Å². The summed E-state index contributed by atoms with van der Waals surface area (Å²) >= 11 is 0. The molecule has 0 unspecified atom stereocenters. The van der Waals surface area contributed by atoms with Crippen LogP contribution in [0.4, 0.5) is 5.69 Å². The molecule has 3 rings (SSSR count). The van der Waals surface area contributed by atoms with Crippen LogP contribution in [0.2, 0.25) is 0 Å². The lowest BCUT2D eigenvalue weighted by atomic mass is 10.1. The van der Waals surface area contributed by atoms with Gasteiger partial charge in [-0.25, -0.2) is 4.79 Å². The summed E-state index contributed by atoms with van der Waals surface area (Å²) < 4.78 is 11.6. The van der Waals surface area contributed by atoms with Gasteiger partial charge in [-0.2, -0.15) is 0 Å². The Morgan fingerprint density at radius 3 is 2.47 bits per heavy atom. The Hall–Kier alpha value is -3.28. The molecule has 1 saturated carbocycles. The number of anilines is 1. The maximum atomic E-state index is 12.2. The summed E-state index contributed by atoms with van der Waals surface area (Å²) in [6, 6.07) is 11.8. The number of hydrogen-bond donors (Lipinski definition) is 2. The monoisotopic (exact) mass is 409 g/mol. The fourth-order valence-electron chi connectivity index (χ4n) is 3.55. The summed E-state index contributed by atoms with van der Waals surface area (Å²) in [5, 5.41) is 11.8. The second-order valence-corrected chi connectivity index (χ2v) is 7.32. The number of nitrogens with one attached hydrogen (secondary N) is 1. The molecule has 1 aliphatic carbocycles. The predicted molar refractivity (Wildman–Crippen MR) is 116 cm³/mol. The van der Waals surface area contributed by atoms with Gasteiger partial charge in [0.2, 0.25) is 5.91 Å². The molecule has 2 aromatic carbocycles. The zero-order chi connectivity index (χ0) is 21.3. The van der Waals surface area contributed by atoms with Gasteiger partial charge in [-0.15, -0.1) is 0 Å². The molecule has 0 saturated heterocycles. The highest BCUT2D eigenvalue weighted by molar-refractivity contribution is 6.06. The van der Waals surface area contributed by atoms with Gasteiger partial charge in [0.05, 0.1) is 24.5 Å². The Morgan fingerprint density at radius 1 is 1.03 bits per heavy atom. The number of rotatable bonds is 7. The standard InChI is InChI=1S/C24H27NO5/c1-29-22-16-17(12-14-21(22)30-18-8-4-2-3-5-9-18)13-15-23(26)25-20-11-7-6-10-19(20)24(27)28/h6-7,10-16,18H,2-5,8-9H2,1H3,(H,25,26)(H,27,28)/b15-13+. The average molecular weight is 409 g/mol. The van der Waals surface area contributed by atoms with Gasteiger partial charge in [0.1, 0.15) is 0 Å². The number of carbonyl (C=O) groups is 2. The highest BCUT2D eigenvalue weighted by Gasteiger charge is 2.16. The molecule has 0 bridgehead atoms. The summed E-state index contributed by atoms with van der Waals surface area (Å²) in [5.74, 6) is -0.176. The molecular weight excluding hydrogens is 382 g/mol. The van der Waals surface area contributed by atoms with Crippen LogP contribution in [0.15, 0.2) is 48.5 Å². The van der Waals surface area contributed by atoms with E-state index in [0.717, 1.165) is 18.4 Å². The van der Waals surface area contributed by atoms with E-state index in [9.17, 15) is 14.7 Å². The van der Waals surface area contributed by atoms with E-state index < -0.39 is 11.9 Å². The third kappa shape index (κ3) is 5.86. The molecule has 2 N–H and O–H groups in total. The Bertz CT molecular complexity index is 914. The quantitative estimate of drug-likeness (QED) is 0.488. The number of para-hydroxylation sites is 1. The summed E-state index contributed by atoms with van der Waals surface area (Å²) in [5.41, 5.74) is 1.08. The van der Waals surface area contributed by atoms with Crippen molar-refractivity contribution in [2.75, 3.05) is 12.4 Å². The van der Waals surface area contributed by atoms with Crippen molar-refractivity contribution < 1.29 is 24.2 Å². The van der Waals surface area contributed by atoms with Crippen molar-refractivity contribution in [2.24, 2.45) is 0 Å². The van der Waals surface area contributed by atoms with Gasteiger partial charge in [-0.3, -0.25) is 4.79 Å². The van der Waals surface area contributed by atoms with Crippen LogP contribution in [0.3, 0.4) is 0 Å². The number of hydrogen-bond acceptors (Lipinski definition) is 4. The van der Waals surface area contributed by atoms with Crippen LogP contribution in [0.5, 0.6) is 11.5 Å². The van der Waals surface area contributed by atoms with Crippen LogP contribution >= 0.6 is 0 Å². The van der Waals surface area contributed by atoms with Gasteiger partial charge in [0.15, 0.2) is 11.5 Å². The summed E-state index contributed by atoms with van der Waals surface area (Å²) in [4.78, 5) is 23.5. The van der Waals surface area contributed by atoms with E-state index in [2.05, 4.69) is 5.32 Å². The van der Waals surface area contributed by atoms with Crippen LogP contribution in [-0.4, -0.2) is 30.2 Å². The molecule has 1 fully saturated rings. The van der Waals surface area contributed by atoms with Crippen LogP contribution in [0.25, 0.3) is 6.08 Å². The van der Waals surface area contributed by atoms with Crippen molar-refractivity contribution in [3.8, 4) is 11.5 Å². The number of methoxy groups -OCH3 is 1. The molecule has 0 radical (unpaired) electrons. The Morgan fingerprint density at radius 2 is 1.77 bits per heavy atom. The first-order chi connectivity index (χ1) is 14.6. The second-order valence-electron chi connectivity index (χ2n) is 7.32. The Balaban J connectivity index is 1.66. The molecule has 1 amide bonds. The molecule has 0 spiro atoms. The van der Waals surface area contributed by atoms with E-state index in [1.807, 2.05) is 18.2 Å². The lowest BCUT2D eigenvalue weighted by Gasteiger charge is -2.19. The van der Waals surface area contributed by atoms with Crippen molar-refractivity contribution in [1.29, 1.82) is 0 Å². The fourth-order valence-corrected chi connectivity index (χ4v) is 3.55. The molecule has 2 aromatic rings. The van der Waals surface area contributed by atoms with Gasteiger partial charge in [-0.1, -0.05) is 31.0 Å². The maximum absolute atomic E-state index is 12.2. The van der Waals surface area contributed by atoms with Crippen LogP contribution in [-0.2, 0) is 4.79 Å². The first-order valence-electron chi connectivity index (χ1n) is 10.2. The first kappa shape index (κ1) is 21.4. The van der Waals surface area contributed by atoms with Gasteiger partial charge >= 0.3 is 5.97 Å². The third-order valence-electron chi connectivity index (χ3n) is 5.13. The highest BCUT2D eigenvalue weighted by Crippen LogP contribution is 2.32. The number of benzene rings is 2. The topological polar surface area (TPSA) is 84.9 Å². The van der Waals surface area contributed by atoms with E-state index >= 15 is 0 Å². The number of carboxylic acid groups (broad SMARTS) is 1. The molecule has 0 aliphatic heterocycles. The number of carboxylic acids is 1. The normalized spacial score (nSPS) is 14.8. The second kappa shape index (κ2) is 10.5. The van der Waals surface area contributed by atoms with Gasteiger partial charge in [0.25, 0.3) is 0 Å². The minimum Gasteiger partial charge on any atom is -0.493 e. The molecule has 0 heterocycles. The number of ether oxygens (including phenoxy) is 2. The van der Waals surface area contributed by atoms with E-state index in [1.54, 1.807) is 31.4 Å². The molecule has 30 heavy (non-hydrogen) atoms. The number of carbonyl (C=O) groups excluding carboxylic acids is 1. The fraction of sp³-hybridized carbons (Fsp3) is 0.333. The van der Waals surface area contributed by atoms with E-state index in [0.29, 0.717) is 11.5 Å². The molecule has 6 nitrogen and oxygen atoms in total. The van der Waals surface area contributed by atoms with Crippen molar-refractivity contribution in [3.05, 3.63) is 59.7 Å². The van der Waals surface area contributed by atoms with E-state index in [-0.39, 0.29) is 17.4 Å². The lowest BCUT2D eigenvalue weighted by Crippen LogP contribution is -2.15. The van der Waals surface area contributed by atoms with Gasteiger partial charge in [0, 0.05) is 6.08 Å². The molecule has 0 aromatic heterocycles. The molecular formula is C24H27NO5. The zero-order valence-corrected chi connectivity index (χ0v) is 17.1. The van der Waals surface area contributed by atoms with Crippen molar-refractivity contribution in [3.63, 3.8) is 0 Å². The minimum atomic E-state index is -1.09. The number of amides is 1. The summed E-state index contributed by atoms with van der Waals surface area (Å²) in [6.07, 6.45) is 10.2. The predicted octanol–water partition coefficient (Wildman–Crippen LogP) is 5.15. The van der Waals surface area contributed by atoms with Crippen molar-refractivity contribution in [2.45, 2.75) is 44.6 Å². The van der Waals surface area contributed by atoms with Crippen LogP contribution in [0.1, 0.15) is 54.4 Å². The van der Waals surface area contributed by atoms with Crippen molar-refractivity contribution in [1.82, 2.24) is 0 Å². The molecule has 0 atom stereocenters. The third-order valence-corrected chi connectivity index (χ3v) is 5.13. The Kier molecular flexibility index (Phi) is 7.49. The van der Waals surface area contributed by atoms with Crippen LogP contribution < -0.4 is 14.8 Å². The van der Waals surface area contributed by atoms with E-state index in [1.165, 1.54) is 37.8 Å². The molecule has 6 heteroatoms. The number of aromatic carboxylic acids is 1. The smallest absolute Gasteiger partial charge is 0.337 e. The summed E-state index contributed by atoms with van der Waals surface area (Å²) in [6.45, 7) is 0. The zero-order valence-electron chi connectivity index (χ0n) is 17.1. The van der Waals surface area contributed by atoms with Crippen LogP contribution in [0, 0.1) is 0 Å². The highest BCUT2D eigenvalue weighted by atomic mass is 16.5. The minimum absolute atomic E-state index is 0.0425. The largest absolute Gasteiger partial charge is 0.493 e. The summed E-state index contributed by atoms with van der Waals surface area (Å²) in [7, 11) is 1.60.